The van der Waals surface area contributed by atoms with Crippen molar-refractivity contribution in [2.45, 2.75) is 25.9 Å². The normalized spacial score (nSPS) is 11.5. The second-order valence-electron chi connectivity index (χ2n) is 5.28. The number of anilines is 1. The monoisotopic (exact) mass is 290 g/mol. The predicted molar refractivity (Wildman–Crippen MR) is 79.1 cm³/mol. The number of hydrazine groups is 1. The first kappa shape index (κ1) is 15.3. The van der Waals surface area contributed by atoms with Gasteiger partial charge >= 0.3 is 0 Å². The molecule has 0 aliphatic carbocycles. The van der Waals surface area contributed by atoms with Gasteiger partial charge in [-0.1, -0.05) is 12.1 Å². The van der Waals surface area contributed by atoms with Crippen LogP contribution in [0.4, 0.5) is 10.2 Å². The fourth-order valence-electron chi connectivity index (χ4n) is 2.07. The van der Waals surface area contributed by atoms with Crippen LogP contribution in [0.1, 0.15) is 30.9 Å². The molecule has 5 nitrogen and oxygen atoms in total. The van der Waals surface area contributed by atoms with E-state index in [4.69, 9.17) is 10.6 Å². The highest BCUT2D eigenvalue weighted by Crippen LogP contribution is 2.30. The highest BCUT2D eigenvalue weighted by atomic mass is 19.1. The Kier molecular flexibility index (Phi) is 4.50. The summed E-state index contributed by atoms with van der Waals surface area (Å²) >= 11 is 0. The van der Waals surface area contributed by atoms with Crippen LogP contribution in [-0.4, -0.2) is 17.1 Å². The minimum atomic E-state index is -0.483. The zero-order valence-electron chi connectivity index (χ0n) is 12.4. The molecule has 0 saturated carbocycles. The lowest BCUT2D eigenvalue weighted by Gasteiger charge is -2.24. The average molecular weight is 290 g/mol. The van der Waals surface area contributed by atoms with Gasteiger partial charge in [0.1, 0.15) is 17.5 Å². The summed E-state index contributed by atoms with van der Waals surface area (Å²) in [5.41, 5.74) is 3.69. The second kappa shape index (κ2) is 6.15. The van der Waals surface area contributed by atoms with Gasteiger partial charge in [-0.2, -0.15) is 0 Å². The van der Waals surface area contributed by atoms with Gasteiger partial charge in [0, 0.05) is 18.6 Å². The molecule has 0 amide bonds. The molecule has 2 aromatic rings. The van der Waals surface area contributed by atoms with Crippen LogP contribution < -0.4 is 11.3 Å². The summed E-state index contributed by atoms with van der Waals surface area (Å²) in [5, 5.41) is 0. The summed E-state index contributed by atoms with van der Waals surface area (Å²) in [6.45, 7) is 4.32. The van der Waals surface area contributed by atoms with Crippen molar-refractivity contribution in [3.8, 4) is 0 Å². The number of aromatic nitrogens is 2. The Balaban J connectivity index is 2.47. The minimum Gasteiger partial charge on any atom is -0.378 e. The summed E-state index contributed by atoms with van der Waals surface area (Å²) in [6.07, 6.45) is 0. The molecule has 0 fully saturated rings. The minimum absolute atomic E-state index is 0.270. The molecule has 0 saturated heterocycles. The molecule has 0 bridgehead atoms. The molecule has 112 valence electrons. The lowest BCUT2D eigenvalue weighted by atomic mass is 9.83. The third kappa shape index (κ3) is 3.34. The SMILES string of the molecule is COCc1cc(NN)nc(C(C)(C)c2ccc(F)cc2)n1. The number of hydrogen-bond acceptors (Lipinski definition) is 5. The molecular formula is C15H19FN4O. The molecule has 0 radical (unpaired) electrons. The predicted octanol–water partition coefficient (Wildman–Crippen LogP) is 2.37. The zero-order chi connectivity index (χ0) is 15.5. The van der Waals surface area contributed by atoms with Crippen LogP contribution in [0.15, 0.2) is 30.3 Å². The summed E-state index contributed by atoms with van der Waals surface area (Å²) in [4.78, 5) is 8.92. The highest BCUT2D eigenvalue weighted by molar-refractivity contribution is 5.39. The van der Waals surface area contributed by atoms with E-state index in [-0.39, 0.29) is 5.82 Å². The van der Waals surface area contributed by atoms with Gasteiger partial charge < -0.3 is 10.2 Å². The molecule has 0 atom stereocenters. The van der Waals surface area contributed by atoms with E-state index in [0.29, 0.717) is 18.2 Å². The molecule has 0 unspecified atom stereocenters. The number of nitrogens with zero attached hydrogens (tertiary/aromatic N) is 2. The molecule has 0 spiro atoms. The number of ether oxygens (including phenoxy) is 1. The molecule has 1 aromatic carbocycles. The van der Waals surface area contributed by atoms with Crippen molar-refractivity contribution in [2.24, 2.45) is 5.84 Å². The van der Waals surface area contributed by atoms with E-state index in [2.05, 4.69) is 15.4 Å². The summed E-state index contributed by atoms with van der Waals surface area (Å²) in [7, 11) is 1.60. The van der Waals surface area contributed by atoms with Crippen molar-refractivity contribution in [3.63, 3.8) is 0 Å². The zero-order valence-corrected chi connectivity index (χ0v) is 12.4. The van der Waals surface area contributed by atoms with Crippen molar-refractivity contribution in [1.82, 2.24) is 9.97 Å². The molecule has 0 aliphatic rings. The van der Waals surface area contributed by atoms with E-state index < -0.39 is 5.41 Å². The number of methoxy groups -OCH3 is 1. The van der Waals surface area contributed by atoms with Gasteiger partial charge in [0.15, 0.2) is 0 Å². The van der Waals surface area contributed by atoms with Crippen LogP contribution in [0.2, 0.25) is 0 Å². The van der Waals surface area contributed by atoms with E-state index >= 15 is 0 Å². The van der Waals surface area contributed by atoms with Gasteiger partial charge in [-0.15, -0.1) is 0 Å². The summed E-state index contributed by atoms with van der Waals surface area (Å²) < 4.78 is 18.2. The number of hydrogen-bond donors (Lipinski definition) is 2. The number of rotatable bonds is 5. The van der Waals surface area contributed by atoms with Gasteiger partial charge in [0.25, 0.3) is 0 Å². The van der Waals surface area contributed by atoms with E-state index in [1.807, 2.05) is 13.8 Å². The molecule has 3 N–H and O–H groups in total. The Bertz CT molecular complexity index is 614. The summed E-state index contributed by atoms with van der Waals surface area (Å²) in [5.74, 6) is 6.29. The lowest BCUT2D eigenvalue weighted by molar-refractivity contribution is 0.181. The molecule has 2 rings (SSSR count). The highest BCUT2D eigenvalue weighted by Gasteiger charge is 2.27. The molecular weight excluding hydrogens is 271 g/mol. The van der Waals surface area contributed by atoms with Crippen LogP contribution in [0.3, 0.4) is 0 Å². The van der Waals surface area contributed by atoms with Crippen molar-refractivity contribution in [1.29, 1.82) is 0 Å². The Morgan fingerprint density at radius 1 is 1.24 bits per heavy atom. The Hall–Kier alpha value is -2.05. The Labute approximate surface area is 123 Å². The third-order valence-corrected chi connectivity index (χ3v) is 3.34. The van der Waals surface area contributed by atoms with Crippen molar-refractivity contribution in [3.05, 3.63) is 53.2 Å². The lowest BCUT2D eigenvalue weighted by Crippen LogP contribution is -2.24. The van der Waals surface area contributed by atoms with E-state index in [9.17, 15) is 4.39 Å². The number of benzene rings is 1. The molecule has 1 heterocycles. The fourth-order valence-corrected chi connectivity index (χ4v) is 2.07. The standard InChI is InChI=1S/C15H19FN4O/c1-15(2,10-4-6-11(16)7-5-10)14-18-12(9-21-3)8-13(19-14)20-17/h4-8H,9,17H2,1-3H3,(H,18,19,20). The van der Waals surface area contributed by atoms with Gasteiger partial charge in [0.2, 0.25) is 0 Å². The van der Waals surface area contributed by atoms with Crippen molar-refractivity contribution < 1.29 is 9.13 Å². The maximum absolute atomic E-state index is 13.1. The van der Waals surface area contributed by atoms with Crippen LogP contribution in [-0.2, 0) is 16.8 Å². The van der Waals surface area contributed by atoms with E-state index in [0.717, 1.165) is 11.3 Å². The Morgan fingerprint density at radius 3 is 2.48 bits per heavy atom. The number of halogens is 1. The third-order valence-electron chi connectivity index (χ3n) is 3.34. The molecule has 6 heteroatoms. The Morgan fingerprint density at radius 2 is 1.90 bits per heavy atom. The van der Waals surface area contributed by atoms with Gasteiger partial charge in [0.05, 0.1) is 12.3 Å². The average Bonchev–Trinajstić information content (AvgIpc) is 2.47. The van der Waals surface area contributed by atoms with Crippen LogP contribution >= 0.6 is 0 Å². The first-order valence-corrected chi connectivity index (χ1v) is 6.57. The smallest absolute Gasteiger partial charge is 0.144 e. The fraction of sp³-hybridized carbons (Fsp3) is 0.333. The topological polar surface area (TPSA) is 73.1 Å². The van der Waals surface area contributed by atoms with E-state index in [1.54, 1.807) is 25.3 Å². The maximum atomic E-state index is 13.1. The summed E-state index contributed by atoms with van der Waals surface area (Å²) in [6, 6.07) is 8.05. The van der Waals surface area contributed by atoms with Gasteiger partial charge in [-0.05, 0) is 31.5 Å². The van der Waals surface area contributed by atoms with Crippen molar-refractivity contribution >= 4 is 5.82 Å². The van der Waals surface area contributed by atoms with Crippen molar-refractivity contribution in [2.75, 3.05) is 12.5 Å². The van der Waals surface area contributed by atoms with Gasteiger partial charge in [-0.25, -0.2) is 20.2 Å². The largest absolute Gasteiger partial charge is 0.378 e. The first-order chi connectivity index (χ1) is 9.97. The molecule has 21 heavy (non-hydrogen) atoms. The van der Waals surface area contributed by atoms with E-state index in [1.165, 1.54) is 12.1 Å². The van der Waals surface area contributed by atoms with Crippen LogP contribution in [0.25, 0.3) is 0 Å². The first-order valence-electron chi connectivity index (χ1n) is 6.57. The second-order valence-corrected chi connectivity index (χ2v) is 5.28. The quantitative estimate of drug-likeness (QED) is 0.653. The molecule has 0 aliphatic heterocycles. The molecule has 1 aromatic heterocycles. The number of nitrogens with one attached hydrogen (secondary N) is 1. The number of nitrogen functional groups attached to an aromatic ring is 1. The van der Waals surface area contributed by atoms with Crippen LogP contribution in [0.5, 0.6) is 0 Å². The van der Waals surface area contributed by atoms with Crippen LogP contribution in [0, 0.1) is 5.82 Å². The number of nitrogens with two attached hydrogens (primary N) is 1. The van der Waals surface area contributed by atoms with Gasteiger partial charge in [-0.3, -0.25) is 0 Å². The maximum Gasteiger partial charge on any atom is 0.144 e.